The van der Waals surface area contributed by atoms with Crippen LogP contribution in [0.5, 0.6) is 5.75 Å². The average Bonchev–Trinajstić information content (AvgIpc) is 2.71. The molecule has 3 aliphatic rings. The number of methoxy groups -OCH3 is 1. The Morgan fingerprint density at radius 1 is 1.41 bits per heavy atom. The monoisotopic (exact) mass is 366 g/mol. The Hall–Kier alpha value is -2.40. The fourth-order valence-electron chi connectivity index (χ4n) is 4.74. The SMILES string of the molecule is C=C[C@H]1C[N@]2CC[C@H]1C[C@H]2C(OC(C)=O)c1ccnc2ccc(OC)cc12. The van der Waals surface area contributed by atoms with Crippen LogP contribution in [0.15, 0.2) is 43.1 Å². The molecule has 0 aliphatic carbocycles. The summed E-state index contributed by atoms with van der Waals surface area (Å²) in [4.78, 5) is 18.9. The Bertz CT molecular complexity index is 866. The minimum absolute atomic E-state index is 0.181. The zero-order chi connectivity index (χ0) is 19.0. The lowest BCUT2D eigenvalue weighted by Gasteiger charge is -2.51. The maximum absolute atomic E-state index is 12.0. The highest BCUT2D eigenvalue weighted by Crippen LogP contribution is 2.43. The van der Waals surface area contributed by atoms with Gasteiger partial charge in [-0.2, -0.15) is 0 Å². The van der Waals surface area contributed by atoms with Crippen molar-refractivity contribution in [3.63, 3.8) is 0 Å². The first-order valence-electron chi connectivity index (χ1n) is 9.57. The third-order valence-electron chi connectivity index (χ3n) is 6.09. The number of pyridine rings is 1. The second-order valence-electron chi connectivity index (χ2n) is 7.56. The van der Waals surface area contributed by atoms with E-state index in [1.807, 2.05) is 24.3 Å². The van der Waals surface area contributed by atoms with Gasteiger partial charge in [-0.1, -0.05) is 6.08 Å². The summed E-state index contributed by atoms with van der Waals surface area (Å²) < 4.78 is 11.3. The molecule has 1 aromatic heterocycles. The van der Waals surface area contributed by atoms with Crippen LogP contribution in [-0.4, -0.2) is 42.1 Å². The molecular formula is C22H26N2O3. The number of piperidine rings is 3. The summed E-state index contributed by atoms with van der Waals surface area (Å²) in [5.74, 6) is 1.66. The van der Waals surface area contributed by atoms with Crippen molar-refractivity contribution in [1.29, 1.82) is 0 Å². The third kappa shape index (κ3) is 3.32. The molecule has 3 aliphatic heterocycles. The Balaban J connectivity index is 1.76. The Morgan fingerprint density at radius 3 is 2.93 bits per heavy atom. The van der Waals surface area contributed by atoms with Gasteiger partial charge in [-0.15, -0.1) is 6.58 Å². The fourth-order valence-corrected chi connectivity index (χ4v) is 4.74. The van der Waals surface area contributed by atoms with E-state index in [1.165, 1.54) is 13.3 Å². The second kappa shape index (κ2) is 7.31. The lowest BCUT2D eigenvalue weighted by molar-refractivity contribution is -0.154. The van der Waals surface area contributed by atoms with Crippen molar-refractivity contribution < 1.29 is 14.3 Å². The minimum atomic E-state index is -0.311. The van der Waals surface area contributed by atoms with Gasteiger partial charge < -0.3 is 9.47 Å². The van der Waals surface area contributed by atoms with Crippen molar-refractivity contribution in [1.82, 2.24) is 9.88 Å². The summed E-state index contributed by atoms with van der Waals surface area (Å²) in [6, 6.07) is 7.99. The standard InChI is InChI=1S/C22H26N2O3/c1-4-15-13-24-10-8-16(15)11-21(24)22(27-14(2)25)18-7-9-23-20-6-5-17(26-3)12-19(18)20/h4-7,9,12,15-16,21-22H,1,8,10-11,13H2,2-3H3/t15-,16-,21-,22?/m0/s1. The molecule has 2 aromatic rings. The van der Waals surface area contributed by atoms with Crippen molar-refractivity contribution in [2.45, 2.75) is 31.9 Å². The van der Waals surface area contributed by atoms with E-state index in [2.05, 4.69) is 22.5 Å². The van der Waals surface area contributed by atoms with Crippen LogP contribution in [0.1, 0.15) is 31.4 Å². The van der Waals surface area contributed by atoms with Crippen LogP contribution >= 0.6 is 0 Å². The van der Waals surface area contributed by atoms with Crippen molar-refractivity contribution in [3.8, 4) is 5.75 Å². The average molecular weight is 366 g/mol. The zero-order valence-corrected chi connectivity index (χ0v) is 15.9. The Labute approximate surface area is 160 Å². The predicted molar refractivity (Wildman–Crippen MR) is 105 cm³/mol. The van der Waals surface area contributed by atoms with E-state index in [1.54, 1.807) is 13.3 Å². The third-order valence-corrected chi connectivity index (χ3v) is 6.09. The number of esters is 1. The quantitative estimate of drug-likeness (QED) is 0.596. The number of nitrogens with zero attached hydrogens (tertiary/aromatic N) is 2. The van der Waals surface area contributed by atoms with E-state index < -0.39 is 0 Å². The first kappa shape index (κ1) is 18.0. The van der Waals surface area contributed by atoms with Crippen LogP contribution in [0.3, 0.4) is 0 Å². The molecule has 5 rings (SSSR count). The first-order valence-corrected chi connectivity index (χ1v) is 9.57. The summed E-state index contributed by atoms with van der Waals surface area (Å²) in [6.45, 7) is 7.53. The number of rotatable bonds is 5. The van der Waals surface area contributed by atoms with Crippen LogP contribution in [-0.2, 0) is 9.53 Å². The van der Waals surface area contributed by atoms with Gasteiger partial charge in [0.2, 0.25) is 0 Å². The van der Waals surface area contributed by atoms with Crippen molar-refractivity contribution in [2.75, 3.05) is 20.2 Å². The number of aromatic nitrogens is 1. The van der Waals surface area contributed by atoms with Crippen LogP contribution in [0.4, 0.5) is 0 Å². The lowest BCUT2D eigenvalue weighted by atomic mass is 9.73. The summed E-state index contributed by atoms with van der Waals surface area (Å²) in [5, 5.41) is 0.978. The highest BCUT2D eigenvalue weighted by atomic mass is 16.5. The molecule has 5 nitrogen and oxygen atoms in total. The number of benzene rings is 1. The van der Waals surface area contributed by atoms with Crippen molar-refractivity contribution >= 4 is 16.9 Å². The zero-order valence-electron chi connectivity index (χ0n) is 15.9. The van der Waals surface area contributed by atoms with Crippen LogP contribution in [0, 0.1) is 11.8 Å². The van der Waals surface area contributed by atoms with Gasteiger partial charge >= 0.3 is 5.97 Å². The van der Waals surface area contributed by atoms with E-state index in [0.717, 1.165) is 41.7 Å². The molecule has 0 amide bonds. The number of carbonyl (C=O) groups excluding carboxylic acids is 1. The molecule has 0 N–H and O–H groups in total. The summed E-state index contributed by atoms with van der Waals surface area (Å²) in [7, 11) is 1.65. The number of hydrogen-bond donors (Lipinski definition) is 0. The van der Waals surface area contributed by atoms with Gasteiger partial charge in [0, 0.05) is 30.6 Å². The van der Waals surface area contributed by atoms with Gasteiger partial charge in [0.1, 0.15) is 11.9 Å². The van der Waals surface area contributed by atoms with E-state index in [4.69, 9.17) is 9.47 Å². The Kier molecular flexibility index (Phi) is 4.87. The smallest absolute Gasteiger partial charge is 0.303 e. The molecule has 5 atom stereocenters. The number of hydrogen-bond acceptors (Lipinski definition) is 5. The molecule has 0 spiro atoms. The van der Waals surface area contributed by atoms with Gasteiger partial charge in [0.05, 0.1) is 18.7 Å². The lowest BCUT2D eigenvalue weighted by Crippen LogP contribution is -2.55. The van der Waals surface area contributed by atoms with Gasteiger partial charge in [0.25, 0.3) is 0 Å². The molecular weight excluding hydrogens is 340 g/mol. The normalized spacial score (nSPS) is 27.9. The van der Waals surface area contributed by atoms with E-state index in [-0.39, 0.29) is 18.1 Å². The highest BCUT2D eigenvalue weighted by Gasteiger charge is 2.44. The first-order chi connectivity index (χ1) is 13.1. The van der Waals surface area contributed by atoms with Gasteiger partial charge in [0.15, 0.2) is 0 Å². The van der Waals surface area contributed by atoms with Gasteiger partial charge in [-0.25, -0.2) is 0 Å². The maximum atomic E-state index is 12.0. The molecule has 5 heteroatoms. The van der Waals surface area contributed by atoms with Gasteiger partial charge in [-0.3, -0.25) is 14.7 Å². The largest absolute Gasteiger partial charge is 0.497 e. The number of carbonyl (C=O) groups is 1. The van der Waals surface area contributed by atoms with Crippen LogP contribution in [0.2, 0.25) is 0 Å². The Morgan fingerprint density at radius 2 is 2.26 bits per heavy atom. The fraction of sp³-hybridized carbons (Fsp3) is 0.455. The molecule has 4 heterocycles. The topological polar surface area (TPSA) is 51.7 Å². The molecule has 142 valence electrons. The van der Waals surface area contributed by atoms with E-state index in [9.17, 15) is 4.79 Å². The molecule has 3 saturated heterocycles. The summed E-state index contributed by atoms with van der Waals surface area (Å²) in [6.07, 6.45) is 5.77. The van der Waals surface area contributed by atoms with E-state index >= 15 is 0 Å². The van der Waals surface area contributed by atoms with Crippen molar-refractivity contribution in [3.05, 3.63) is 48.7 Å². The molecule has 1 aromatic carbocycles. The van der Waals surface area contributed by atoms with Gasteiger partial charge in [-0.05, 0) is 55.5 Å². The second-order valence-corrected chi connectivity index (χ2v) is 7.56. The number of ether oxygens (including phenoxy) is 2. The molecule has 0 radical (unpaired) electrons. The minimum Gasteiger partial charge on any atom is -0.497 e. The van der Waals surface area contributed by atoms with E-state index in [0.29, 0.717) is 11.8 Å². The molecule has 3 fully saturated rings. The number of fused-ring (bicyclic) bond motifs is 4. The highest BCUT2D eigenvalue weighted by molar-refractivity contribution is 5.84. The predicted octanol–water partition coefficient (Wildman–Crippen LogP) is 3.74. The van der Waals surface area contributed by atoms with Crippen molar-refractivity contribution in [2.24, 2.45) is 11.8 Å². The molecule has 1 unspecified atom stereocenters. The molecule has 27 heavy (non-hydrogen) atoms. The molecule has 0 saturated carbocycles. The summed E-state index contributed by atoms with van der Waals surface area (Å²) in [5.41, 5.74) is 1.88. The van der Waals surface area contributed by atoms with Crippen LogP contribution in [0.25, 0.3) is 10.9 Å². The molecule has 2 bridgehead atoms. The maximum Gasteiger partial charge on any atom is 0.303 e. The van der Waals surface area contributed by atoms with Crippen LogP contribution < -0.4 is 4.74 Å². The summed E-state index contributed by atoms with van der Waals surface area (Å²) >= 11 is 0.